The average molecular weight is 332 g/mol. The Morgan fingerprint density at radius 1 is 1.21 bits per heavy atom. The van der Waals surface area contributed by atoms with Crippen LogP contribution in [0.4, 0.5) is 5.69 Å². The Morgan fingerprint density at radius 3 is 2.42 bits per heavy atom. The van der Waals surface area contributed by atoms with Gasteiger partial charge in [0.25, 0.3) is 0 Å². The highest BCUT2D eigenvalue weighted by Crippen LogP contribution is 2.19. The number of para-hydroxylation sites is 1. The SMILES string of the molecule is CC(C)[C@H](N)C(=O)NCC(=O)NC1CCN(c2ccccc2)CC1. The van der Waals surface area contributed by atoms with Crippen molar-refractivity contribution in [3.05, 3.63) is 30.3 Å². The van der Waals surface area contributed by atoms with Gasteiger partial charge < -0.3 is 21.3 Å². The van der Waals surface area contributed by atoms with Crippen molar-refractivity contribution in [2.24, 2.45) is 11.7 Å². The first-order valence-electron chi connectivity index (χ1n) is 8.60. The van der Waals surface area contributed by atoms with E-state index < -0.39 is 6.04 Å². The molecule has 1 aromatic carbocycles. The van der Waals surface area contributed by atoms with Gasteiger partial charge in [-0.2, -0.15) is 0 Å². The number of piperidine rings is 1. The molecule has 0 saturated carbocycles. The van der Waals surface area contributed by atoms with E-state index in [-0.39, 0.29) is 30.3 Å². The normalized spacial score (nSPS) is 16.8. The molecule has 1 fully saturated rings. The summed E-state index contributed by atoms with van der Waals surface area (Å²) in [4.78, 5) is 26.1. The molecular formula is C18H28N4O2. The number of carbonyl (C=O) groups is 2. The Hall–Kier alpha value is -2.08. The number of nitrogens with zero attached hydrogens (tertiary/aromatic N) is 1. The van der Waals surface area contributed by atoms with Crippen molar-refractivity contribution in [2.75, 3.05) is 24.5 Å². The number of benzene rings is 1. The van der Waals surface area contributed by atoms with Crippen LogP contribution in [0.3, 0.4) is 0 Å². The number of anilines is 1. The van der Waals surface area contributed by atoms with E-state index in [9.17, 15) is 9.59 Å². The molecule has 0 bridgehead atoms. The molecule has 6 heteroatoms. The zero-order chi connectivity index (χ0) is 17.5. The largest absolute Gasteiger partial charge is 0.371 e. The summed E-state index contributed by atoms with van der Waals surface area (Å²) in [6.45, 7) is 5.58. The minimum Gasteiger partial charge on any atom is -0.371 e. The third-order valence-electron chi connectivity index (χ3n) is 4.43. The predicted octanol–water partition coefficient (Wildman–Crippen LogP) is 0.871. The molecule has 0 radical (unpaired) electrons. The van der Waals surface area contributed by atoms with Gasteiger partial charge in [-0.05, 0) is 30.9 Å². The third-order valence-corrected chi connectivity index (χ3v) is 4.43. The van der Waals surface area contributed by atoms with Gasteiger partial charge in [-0.25, -0.2) is 0 Å². The van der Waals surface area contributed by atoms with E-state index in [1.54, 1.807) is 0 Å². The fourth-order valence-corrected chi connectivity index (χ4v) is 2.79. The number of hydrogen-bond donors (Lipinski definition) is 3. The monoisotopic (exact) mass is 332 g/mol. The Labute approximate surface area is 143 Å². The molecule has 0 unspecified atom stereocenters. The Kier molecular flexibility index (Phi) is 6.61. The standard InChI is InChI=1S/C18H28N4O2/c1-13(2)17(19)18(24)20-12-16(23)21-14-8-10-22(11-9-14)15-6-4-3-5-7-15/h3-7,13-14,17H,8-12,19H2,1-2H3,(H,20,24)(H,21,23)/t17-/m0/s1. The van der Waals surface area contributed by atoms with E-state index in [4.69, 9.17) is 5.73 Å². The maximum absolute atomic E-state index is 12.0. The summed E-state index contributed by atoms with van der Waals surface area (Å²) in [6, 6.07) is 9.87. The first kappa shape index (κ1) is 18.3. The van der Waals surface area contributed by atoms with Crippen molar-refractivity contribution in [1.82, 2.24) is 10.6 Å². The van der Waals surface area contributed by atoms with Crippen LogP contribution in [-0.4, -0.2) is 43.5 Å². The average Bonchev–Trinajstić information content (AvgIpc) is 2.60. The van der Waals surface area contributed by atoms with Crippen LogP contribution in [0.1, 0.15) is 26.7 Å². The third kappa shape index (κ3) is 5.23. The second kappa shape index (κ2) is 8.68. The highest BCUT2D eigenvalue weighted by atomic mass is 16.2. The van der Waals surface area contributed by atoms with Crippen molar-refractivity contribution in [3.63, 3.8) is 0 Å². The Morgan fingerprint density at radius 2 is 1.83 bits per heavy atom. The highest BCUT2D eigenvalue weighted by Gasteiger charge is 2.22. The van der Waals surface area contributed by atoms with Crippen LogP contribution in [0, 0.1) is 5.92 Å². The highest BCUT2D eigenvalue weighted by molar-refractivity contribution is 5.87. The molecular weight excluding hydrogens is 304 g/mol. The zero-order valence-electron chi connectivity index (χ0n) is 14.5. The Bertz CT molecular complexity index is 539. The van der Waals surface area contributed by atoms with Gasteiger partial charge in [-0.3, -0.25) is 9.59 Å². The van der Waals surface area contributed by atoms with Crippen LogP contribution in [0.25, 0.3) is 0 Å². The number of amides is 2. The molecule has 1 aromatic rings. The molecule has 132 valence electrons. The summed E-state index contributed by atoms with van der Waals surface area (Å²) in [5.74, 6) is -0.383. The van der Waals surface area contributed by atoms with Gasteiger partial charge in [0.1, 0.15) is 0 Å². The molecule has 0 spiro atoms. The van der Waals surface area contributed by atoms with E-state index in [1.165, 1.54) is 5.69 Å². The van der Waals surface area contributed by atoms with E-state index >= 15 is 0 Å². The summed E-state index contributed by atoms with van der Waals surface area (Å²) in [5, 5.41) is 5.59. The fraction of sp³-hybridized carbons (Fsp3) is 0.556. The fourth-order valence-electron chi connectivity index (χ4n) is 2.79. The molecule has 1 aliphatic heterocycles. The molecule has 0 aliphatic carbocycles. The molecule has 6 nitrogen and oxygen atoms in total. The van der Waals surface area contributed by atoms with Gasteiger partial charge in [0.05, 0.1) is 12.6 Å². The summed E-state index contributed by atoms with van der Waals surface area (Å²) in [5.41, 5.74) is 6.97. The van der Waals surface area contributed by atoms with Crippen molar-refractivity contribution in [2.45, 2.75) is 38.8 Å². The minimum absolute atomic E-state index is 0.0157. The van der Waals surface area contributed by atoms with Crippen molar-refractivity contribution >= 4 is 17.5 Å². The molecule has 1 aliphatic rings. The molecule has 1 saturated heterocycles. The van der Waals surface area contributed by atoms with E-state index in [1.807, 2.05) is 32.0 Å². The topological polar surface area (TPSA) is 87.5 Å². The van der Waals surface area contributed by atoms with Crippen LogP contribution >= 0.6 is 0 Å². The Balaban J connectivity index is 1.70. The molecule has 24 heavy (non-hydrogen) atoms. The van der Waals surface area contributed by atoms with Gasteiger partial charge in [0.2, 0.25) is 11.8 Å². The molecule has 1 atom stereocenters. The lowest BCUT2D eigenvalue weighted by molar-refractivity contribution is -0.127. The van der Waals surface area contributed by atoms with Crippen LogP contribution < -0.4 is 21.3 Å². The summed E-state index contributed by atoms with van der Waals surface area (Å²) < 4.78 is 0. The lowest BCUT2D eigenvalue weighted by Crippen LogP contribution is -2.50. The number of rotatable bonds is 6. The first-order valence-corrected chi connectivity index (χ1v) is 8.60. The number of hydrogen-bond acceptors (Lipinski definition) is 4. The molecule has 2 rings (SSSR count). The lowest BCUT2D eigenvalue weighted by atomic mass is 10.0. The predicted molar refractivity (Wildman–Crippen MR) is 95.6 cm³/mol. The van der Waals surface area contributed by atoms with Gasteiger partial charge in [0.15, 0.2) is 0 Å². The zero-order valence-corrected chi connectivity index (χ0v) is 14.5. The minimum atomic E-state index is -0.577. The second-order valence-electron chi connectivity index (χ2n) is 6.65. The van der Waals surface area contributed by atoms with Crippen LogP contribution in [0.2, 0.25) is 0 Å². The first-order chi connectivity index (χ1) is 11.5. The van der Waals surface area contributed by atoms with Crippen LogP contribution in [-0.2, 0) is 9.59 Å². The number of nitrogens with one attached hydrogen (secondary N) is 2. The second-order valence-corrected chi connectivity index (χ2v) is 6.65. The molecule has 0 aromatic heterocycles. The smallest absolute Gasteiger partial charge is 0.239 e. The summed E-state index contributed by atoms with van der Waals surface area (Å²) >= 11 is 0. The molecule has 4 N–H and O–H groups in total. The van der Waals surface area contributed by atoms with Crippen molar-refractivity contribution in [1.29, 1.82) is 0 Å². The molecule has 1 heterocycles. The summed E-state index contributed by atoms with van der Waals surface area (Å²) in [7, 11) is 0. The number of carbonyl (C=O) groups excluding carboxylic acids is 2. The van der Waals surface area contributed by atoms with Crippen LogP contribution in [0.5, 0.6) is 0 Å². The summed E-state index contributed by atoms with van der Waals surface area (Å²) in [6.07, 6.45) is 1.81. The van der Waals surface area contributed by atoms with E-state index in [2.05, 4.69) is 27.7 Å². The molecule has 2 amide bonds. The quantitative estimate of drug-likeness (QED) is 0.721. The number of nitrogens with two attached hydrogens (primary N) is 1. The van der Waals surface area contributed by atoms with Crippen molar-refractivity contribution < 1.29 is 9.59 Å². The van der Waals surface area contributed by atoms with Gasteiger partial charge in [-0.1, -0.05) is 32.0 Å². The maximum Gasteiger partial charge on any atom is 0.239 e. The van der Waals surface area contributed by atoms with Gasteiger partial charge in [0, 0.05) is 24.8 Å². The maximum atomic E-state index is 12.0. The van der Waals surface area contributed by atoms with Crippen molar-refractivity contribution in [3.8, 4) is 0 Å². The van der Waals surface area contributed by atoms with Gasteiger partial charge in [-0.15, -0.1) is 0 Å². The van der Waals surface area contributed by atoms with E-state index in [0.29, 0.717) is 0 Å². The van der Waals surface area contributed by atoms with E-state index in [0.717, 1.165) is 25.9 Å². The van der Waals surface area contributed by atoms with Crippen LogP contribution in [0.15, 0.2) is 30.3 Å². The lowest BCUT2D eigenvalue weighted by Gasteiger charge is -2.34. The van der Waals surface area contributed by atoms with Gasteiger partial charge >= 0.3 is 0 Å².